The minimum Gasteiger partial charge on any atom is -0.305 e. The third-order valence-electron chi connectivity index (χ3n) is 3.18. The van der Waals surface area contributed by atoms with E-state index < -0.39 is 0 Å². The maximum absolute atomic E-state index is 12.3. The lowest BCUT2D eigenvalue weighted by Gasteiger charge is -2.00. The van der Waals surface area contributed by atoms with E-state index in [-0.39, 0.29) is 5.91 Å². The summed E-state index contributed by atoms with van der Waals surface area (Å²) in [4.78, 5) is 17.1. The highest BCUT2D eigenvalue weighted by Crippen LogP contribution is 2.22. The van der Waals surface area contributed by atoms with Gasteiger partial charge in [0.15, 0.2) is 4.80 Å². The number of fused-ring (bicyclic) bond motifs is 1. The van der Waals surface area contributed by atoms with Crippen molar-refractivity contribution in [2.75, 3.05) is 0 Å². The highest BCUT2D eigenvalue weighted by atomic mass is 35.5. The van der Waals surface area contributed by atoms with Crippen LogP contribution >= 0.6 is 34.5 Å². The topological polar surface area (TPSA) is 34.4 Å². The maximum Gasteiger partial charge on any atom is 0.279 e. The van der Waals surface area contributed by atoms with Gasteiger partial charge in [-0.3, -0.25) is 4.79 Å². The smallest absolute Gasteiger partial charge is 0.279 e. The Balaban J connectivity index is 2.14. The fourth-order valence-corrected chi connectivity index (χ4v) is 3.55. The molecule has 0 saturated carbocycles. The number of nitrogens with zero attached hydrogens (tertiary/aromatic N) is 2. The zero-order chi connectivity index (χ0) is 16.4. The van der Waals surface area contributed by atoms with E-state index in [2.05, 4.69) is 10.9 Å². The number of hydrogen-bond donors (Lipinski definition) is 0. The molecular weight excluding hydrogens is 351 g/mol. The quantitative estimate of drug-likeness (QED) is 0.624. The van der Waals surface area contributed by atoms with E-state index in [1.54, 1.807) is 30.3 Å². The van der Waals surface area contributed by atoms with Crippen LogP contribution in [0.2, 0.25) is 10.0 Å². The molecule has 0 radical (unpaired) electrons. The third-order valence-corrected chi connectivity index (χ3v) is 4.71. The van der Waals surface area contributed by atoms with E-state index in [4.69, 9.17) is 29.6 Å². The van der Waals surface area contributed by atoms with Crippen LogP contribution in [0, 0.1) is 12.3 Å². The summed E-state index contributed by atoms with van der Waals surface area (Å²) in [7, 11) is 0. The summed E-state index contributed by atoms with van der Waals surface area (Å²) in [5, 5.41) is 1.20. The summed E-state index contributed by atoms with van der Waals surface area (Å²) < 4.78 is 2.75. The van der Waals surface area contributed by atoms with E-state index in [1.165, 1.54) is 11.3 Å². The molecule has 0 bridgehead atoms. The number of benzene rings is 2. The minimum absolute atomic E-state index is 0.328. The van der Waals surface area contributed by atoms with Gasteiger partial charge in [-0.15, -0.1) is 6.42 Å². The average Bonchev–Trinajstić information content (AvgIpc) is 2.85. The van der Waals surface area contributed by atoms with Crippen LogP contribution < -0.4 is 4.80 Å². The second kappa shape index (κ2) is 6.59. The molecule has 1 heterocycles. The lowest BCUT2D eigenvalue weighted by Crippen LogP contribution is -2.16. The number of aromatic nitrogens is 1. The highest BCUT2D eigenvalue weighted by Gasteiger charge is 2.09. The Hall–Kier alpha value is -2.06. The van der Waals surface area contributed by atoms with E-state index in [0.29, 0.717) is 27.0 Å². The molecule has 0 aliphatic heterocycles. The van der Waals surface area contributed by atoms with Gasteiger partial charge in [-0.05, 0) is 42.5 Å². The lowest BCUT2D eigenvalue weighted by molar-refractivity contribution is 0.0998. The first-order valence-electron chi connectivity index (χ1n) is 6.65. The molecule has 0 aliphatic rings. The Bertz CT molecular complexity index is 994. The molecule has 3 nitrogen and oxygen atoms in total. The van der Waals surface area contributed by atoms with Crippen molar-refractivity contribution in [3.05, 3.63) is 62.9 Å². The van der Waals surface area contributed by atoms with Crippen LogP contribution in [0.15, 0.2) is 47.5 Å². The molecule has 0 spiro atoms. The summed E-state index contributed by atoms with van der Waals surface area (Å²) in [5.41, 5.74) is 1.37. The van der Waals surface area contributed by atoms with Gasteiger partial charge in [-0.25, -0.2) is 0 Å². The van der Waals surface area contributed by atoms with Gasteiger partial charge in [0.25, 0.3) is 5.91 Å². The van der Waals surface area contributed by atoms with Crippen LogP contribution in [-0.2, 0) is 6.54 Å². The summed E-state index contributed by atoms with van der Waals surface area (Å²) in [5.74, 6) is 2.24. The second-order valence-corrected chi connectivity index (χ2v) is 6.59. The predicted molar refractivity (Wildman–Crippen MR) is 95.0 cm³/mol. The molecule has 1 amide bonds. The van der Waals surface area contributed by atoms with Crippen molar-refractivity contribution in [1.82, 2.24) is 4.57 Å². The number of terminal acetylenes is 1. The van der Waals surface area contributed by atoms with Crippen LogP contribution in [0.5, 0.6) is 0 Å². The number of amides is 1. The lowest BCUT2D eigenvalue weighted by atomic mass is 10.2. The Morgan fingerprint density at radius 2 is 1.87 bits per heavy atom. The zero-order valence-electron chi connectivity index (χ0n) is 11.8. The number of rotatable bonds is 2. The monoisotopic (exact) mass is 360 g/mol. The first-order chi connectivity index (χ1) is 11.1. The highest BCUT2D eigenvalue weighted by molar-refractivity contribution is 7.16. The summed E-state index contributed by atoms with van der Waals surface area (Å²) >= 11 is 13.2. The molecule has 1 aromatic heterocycles. The number of hydrogen-bond acceptors (Lipinski definition) is 2. The van der Waals surface area contributed by atoms with Crippen LogP contribution in [0.25, 0.3) is 10.2 Å². The second-order valence-electron chi connectivity index (χ2n) is 4.71. The van der Waals surface area contributed by atoms with Crippen molar-refractivity contribution in [1.29, 1.82) is 0 Å². The van der Waals surface area contributed by atoms with Crippen LogP contribution in [0.3, 0.4) is 0 Å². The molecule has 114 valence electrons. The molecule has 0 N–H and O–H groups in total. The van der Waals surface area contributed by atoms with Gasteiger partial charge >= 0.3 is 0 Å². The largest absolute Gasteiger partial charge is 0.305 e. The number of carbonyl (C=O) groups excluding carboxylic acids is 1. The minimum atomic E-state index is -0.343. The molecule has 0 unspecified atom stereocenters. The zero-order valence-corrected chi connectivity index (χ0v) is 14.1. The van der Waals surface area contributed by atoms with Gasteiger partial charge in [-0.1, -0.05) is 40.5 Å². The Morgan fingerprint density at radius 1 is 1.17 bits per heavy atom. The summed E-state index contributed by atoms with van der Waals surface area (Å²) in [6.45, 7) is 0.328. The standard InChI is InChI=1S/C17H10Cl2N2OS/c1-2-9-21-14-8-7-13(19)10-15(14)23-17(21)20-16(22)11-3-5-12(18)6-4-11/h1,3-8,10H,9H2. The molecule has 0 fully saturated rings. The van der Waals surface area contributed by atoms with Gasteiger partial charge < -0.3 is 4.57 Å². The van der Waals surface area contributed by atoms with Crippen molar-refractivity contribution in [3.8, 4) is 12.3 Å². The normalized spacial score (nSPS) is 11.6. The third kappa shape index (κ3) is 3.32. The molecular formula is C17H10Cl2N2OS. The first-order valence-corrected chi connectivity index (χ1v) is 8.23. The molecule has 0 aliphatic carbocycles. The summed E-state index contributed by atoms with van der Waals surface area (Å²) in [6, 6.07) is 12.1. The maximum atomic E-state index is 12.3. The number of thiazole rings is 1. The molecule has 3 rings (SSSR count). The van der Waals surface area contributed by atoms with Crippen molar-refractivity contribution < 1.29 is 4.79 Å². The number of carbonyl (C=O) groups is 1. The molecule has 0 atom stereocenters. The van der Waals surface area contributed by atoms with Crippen molar-refractivity contribution in [2.45, 2.75) is 6.54 Å². The molecule has 3 aromatic rings. The van der Waals surface area contributed by atoms with Crippen LogP contribution in [0.4, 0.5) is 0 Å². The predicted octanol–water partition coefficient (Wildman–Crippen LogP) is 4.38. The van der Waals surface area contributed by atoms with E-state index in [0.717, 1.165) is 10.2 Å². The van der Waals surface area contributed by atoms with Gasteiger partial charge in [-0.2, -0.15) is 4.99 Å². The summed E-state index contributed by atoms with van der Waals surface area (Å²) in [6.07, 6.45) is 5.43. The Morgan fingerprint density at radius 3 is 2.57 bits per heavy atom. The van der Waals surface area contributed by atoms with Crippen molar-refractivity contribution in [3.63, 3.8) is 0 Å². The SMILES string of the molecule is C#CCn1c(=NC(=O)c2ccc(Cl)cc2)sc2cc(Cl)ccc21. The average molecular weight is 361 g/mol. The van der Waals surface area contributed by atoms with Crippen LogP contribution in [-0.4, -0.2) is 10.5 Å². The van der Waals surface area contributed by atoms with Gasteiger partial charge in [0.1, 0.15) is 0 Å². The Labute approximate surface area is 146 Å². The van der Waals surface area contributed by atoms with Crippen molar-refractivity contribution >= 4 is 50.7 Å². The van der Waals surface area contributed by atoms with E-state index in [9.17, 15) is 4.79 Å². The van der Waals surface area contributed by atoms with E-state index in [1.807, 2.05) is 16.7 Å². The van der Waals surface area contributed by atoms with E-state index >= 15 is 0 Å². The van der Waals surface area contributed by atoms with Gasteiger partial charge in [0.05, 0.1) is 16.8 Å². The molecule has 6 heteroatoms. The van der Waals surface area contributed by atoms with Crippen molar-refractivity contribution in [2.24, 2.45) is 4.99 Å². The molecule has 2 aromatic carbocycles. The fourth-order valence-electron chi connectivity index (χ4n) is 2.12. The Kier molecular flexibility index (Phi) is 4.53. The van der Waals surface area contributed by atoms with Crippen LogP contribution in [0.1, 0.15) is 10.4 Å². The molecule has 23 heavy (non-hydrogen) atoms. The molecule has 0 saturated heterocycles. The number of halogens is 2. The van der Waals surface area contributed by atoms with Gasteiger partial charge in [0.2, 0.25) is 0 Å². The first kappa shape index (κ1) is 15.8. The fraction of sp³-hybridized carbons (Fsp3) is 0.0588. The van der Waals surface area contributed by atoms with Gasteiger partial charge in [0, 0.05) is 15.6 Å².